The lowest BCUT2D eigenvalue weighted by Gasteiger charge is -2.26. The molecule has 4 rings (SSSR count). The van der Waals surface area contributed by atoms with E-state index in [1.165, 1.54) is 13.2 Å². The van der Waals surface area contributed by atoms with Crippen molar-refractivity contribution in [3.05, 3.63) is 75.5 Å². The number of hydrogen-bond acceptors (Lipinski definition) is 4. The second-order valence-corrected chi connectivity index (χ2v) is 6.38. The van der Waals surface area contributed by atoms with Gasteiger partial charge in [-0.15, -0.1) is 0 Å². The predicted octanol–water partition coefficient (Wildman–Crippen LogP) is 1.83. The zero-order valence-electron chi connectivity index (χ0n) is 14.1. The number of aromatic amines is 1. The van der Waals surface area contributed by atoms with Crippen LogP contribution in [0.5, 0.6) is 0 Å². The number of benzene rings is 2. The summed E-state index contributed by atoms with van der Waals surface area (Å²) in [7, 11) is 1.36. The molecule has 2 aromatic carbocycles. The average Bonchev–Trinajstić information content (AvgIpc) is 3.05. The van der Waals surface area contributed by atoms with Crippen LogP contribution in [0.25, 0.3) is 10.9 Å². The number of ether oxygens (including phenoxy) is 1. The van der Waals surface area contributed by atoms with Gasteiger partial charge in [-0.2, -0.15) is 0 Å². The Kier molecular flexibility index (Phi) is 3.93. The molecule has 26 heavy (non-hydrogen) atoms. The van der Waals surface area contributed by atoms with Crippen LogP contribution in [-0.4, -0.2) is 29.0 Å². The molecule has 7 nitrogen and oxygen atoms in total. The normalized spacial score (nSPS) is 19.1. The van der Waals surface area contributed by atoms with Crippen molar-refractivity contribution in [1.29, 1.82) is 0 Å². The number of methoxy groups -OCH3 is 1. The summed E-state index contributed by atoms with van der Waals surface area (Å²) in [6, 6.07) is 13.7. The molecule has 3 aromatic rings. The molecule has 7 heteroatoms. The van der Waals surface area contributed by atoms with Crippen LogP contribution in [0, 0.1) is 10.1 Å². The molecule has 1 aromatic heterocycles. The number of quaternary nitrogens is 1. The third-order valence-corrected chi connectivity index (χ3v) is 4.98. The van der Waals surface area contributed by atoms with E-state index >= 15 is 0 Å². The van der Waals surface area contributed by atoms with Crippen molar-refractivity contribution in [1.82, 2.24) is 4.98 Å². The van der Waals surface area contributed by atoms with Crippen molar-refractivity contribution >= 4 is 22.6 Å². The van der Waals surface area contributed by atoms with Crippen LogP contribution in [0.1, 0.15) is 22.9 Å². The predicted molar refractivity (Wildman–Crippen MR) is 94.7 cm³/mol. The van der Waals surface area contributed by atoms with Gasteiger partial charge in [0, 0.05) is 23.4 Å². The molecular formula is C19H18N3O4+. The number of esters is 1. The van der Waals surface area contributed by atoms with Crippen LogP contribution in [0.2, 0.25) is 0 Å². The van der Waals surface area contributed by atoms with Gasteiger partial charge >= 0.3 is 5.97 Å². The Hall–Kier alpha value is -3.19. The molecule has 1 aliphatic heterocycles. The Morgan fingerprint density at radius 2 is 1.96 bits per heavy atom. The third kappa shape index (κ3) is 2.53. The SMILES string of the molecule is COC(=O)[C@@H]1Cc2c([nH]c3ccccc23)[C@@H](c2ccccc2[N+](=O)[O-])[NH2+]1. The molecule has 1 aliphatic rings. The molecule has 0 saturated carbocycles. The third-order valence-electron chi connectivity index (χ3n) is 4.98. The lowest BCUT2D eigenvalue weighted by atomic mass is 9.89. The number of nitro benzene ring substituents is 1. The summed E-state index contributed by atoms with van der Waals surface area (Å²) in [6.45, 7) is 0. The van der Waals surface area contributed by atoms with E-state index in [-0.39, 0.29) is 22.6 Å². The lowest BCUT2D eigenvalue weighted by Crippen LogP contribution is -2.94. The fraction of sp³-hybridized carbons (Fsp3) is 0.211. The molecule has 0 spiro atoms. The summed E-state index contributed by atoms with van der Waals surface area (Å²) in [5, 5.41) is 14.4. The maximum atomic E-state index is 12.2. The zero-order valence-corrected chi connectivity index (χ0v) is 14.1. The minimum atomic E-state index is -0.448. The zero-order chi connectivity index (χ0) is 18.3. The van der Waals surface area contributed by atoms with E-state index in [0.29, 0.717) is 12.0 Å². The van der Waals surface area contributed by atoms with Gasteiger partial charge in [0.25, 0.3) is 5.69 Å². The standard InChI is InChI=1S/C19H17N3O4/c1-26-19(23)15-10-13-11-6-2-4-8-14(11)20-18(13)17(21-15)12-7-3-5-9-16(12)22(24)25/h2-9,15,17,20-21H,10H2,1H3/p+1/t15-,17+/m0/s1. The number of aromatic nitrogens is 1. The Bertz CT molecular complexity index is 1010. The van der Waals surface area contributed by atoms with Gasteiger partial charge in [-0.1, -0.05) is 30.3 Å². The Morgan fingerprint density at radius 1 is 1.23 bits per heavy atom. The summed E-state index contributed by atoms with van der Waals surface area (Å²) < 4.78 is 4.94. The molecule has 0 amide bonds. The van der Waals surface area contributed by atoms with E-state index in [9.17, 15) is 14.9 Å². The number of fused-ring (bicyclic) bond motifs is 3. The largest absolute Gasteiger partial charge is 0.465 e. The van der Waals surface area contributed by atoms with Crippen LogP contribution < -0.4 is 5.32 Å². The van der Waals surface area contributed by atoms with Gasteiger partial charge < -0.3 is 15.0 Å². The van der Waals surface area contributed by atoms with Gasteiger partial charge in [-0.05, 0) is 17.7 Å². The molecule has 0 fully saturated rings. The van der Waals surface area contributed by atoms with Gasteiger partial charge in [-0.3, -0.25) is 10.1 Å². The number of rotatable bonds is 3. The molecule has 3 N–H and O–H groups in total. The van der Waals surface area contributed by atoms with Gasteiger partial charge in [-0.25, -0.2) is 4.79 Å². The van der Waals surface area contributed by atoms with Crippen LogP contribution in [0.15, 0.2) is 48.5 Å². The minimum absolute atomic E-state index is 0.0453. The highest BCUT2D eigenvalue weighted by Gasteiger charge is 2.40. The second-order valence-electron chi connectivity index (χ2n) is 6.38. The van der Waals surface area contributed by atoms with Crippen LogP contribution in [0.4, 0.5) is 5.69 Å². The van der Waals surface area contributed by atoms with Crippen molar-refractivity contribution in [2.45, 2.75) is 18.5 Å². The first-order valence-electron chi connectivity index (χ1n) is 8.35. The number of nitrogens with zero attached hydrogens (tertiary/aromatic N) is 1. The van der Waals surface area contributed by atoms with Crippen molar-refractivity contribution in [2.24, 2.45) is 0 Å². The number of nitro groups is 1. The highest BCUT2D eigenvalue weighted by atomic mass is 16.6. The molecule has 0 unspecified atom stereocenters. The van der Waals surface area contributed by atoms with Crippen LogP contribution >= 0.6 is 0 Å². The second kappa shape index (κ2) is 6.27. The van der Waals surface area contributed by atoms with Crippen molar-refractivity contribution < 1.29 is 19.8 Å². The molecule has 0 saturated heterocycles. The van der Waals surface area contributed by atoms with E-state index in [1.807, 2.05) is 29.6 Å². The molecule has 132 valence electrons. The van der Waals surface area contributed by atoms with Gasteiger partial charge in [0.2, 0.25) is 0 Å². The highest BCUT2D eigenvalue weighted by molar-refractivity contribution is 5.86. The molecular weight excluding hydrogens is 334 g/mol. The lowest BCUT2D eigenvalue weighted by molar-refractivity contribution is -0.713. The van der Waals surface area contributed by atoms with E-state index < -0.39 is 6.04 Å². The van der Waals surface area contributed by atoms with Crippen LogP contribution in [-0.2, 0) is 16.0 Å². The van der Waals surface area contributed by atoms with Crippen molar-refractivity contribution in [3.63, 3.8) is 0 Å². The Balaban J connectivity index is 1.92. The van der Waals surface area contributed by atoms with Crippen molar-refractivity contribution in [2.75, 3.05) is 7.11 Å². The van der Waals surface area contributed by atoms with Crippen LogP contribution in [0.3, 0.4) is 0 Å². The number of nitrogens with one attached hydrogen (secondary N) is 1. The van der Waals surface area contributed by atoms with E-state index in [0.717, 1.165) is 22.2 Å². The Labute approximate surface area is 149 Å². The summed E-state index contributed by atoms with van der Waals surface area (Å²) in [5.74, 6) is -0.329. The highest BCUT2D eigenvalue weighted by Crippen LogP contribution is 2.35. The quantitative estimate of drug-likeness (QED) is 0.426. The Morgan fingerprint density at radius 3 is 2.73 bits per heavy atom. The average molecular weight is 352 g/mol. The maximum absolute atomic E-state index is 12.2. The first-order valence-corrected chi connectivity index (χ1v) is 8.35. The first-order chi connectivity index (χ1) is 12.6. The molecule has 0 radical (unpaired) electrons. The smallest absolute Gasteiger partial charge is 0.364 e. The summed E-state index contributed by atoms with van der Waals surface area (Å²) in [4.78, 5) is 26.8. The fourth-order valence-electron chi connectivity index (χ4n) is 3.81. The van der Waals surface area contributed by atoms with E-state index in [1.54, 1.807) is 18.2 Å². The van der Waals surface area contributed by atoms with E-state index in [2.05, 4.69) is 4.98 Å². The van der Waals surface area contributed by atoms with E-state index in [4.69, 9.17) is 4.74 Å². The van der Waals surface area contributed by atoms with Crippen molar-refractivity contribution in [3.8, 4) is 0 Å². The maximum Gasteiger partial charge on any atom is 0.364 e. The molecule has 2 atom stereocenters. The molecule has 0 bridgehead atoms. The first kappa shape index (κ1) is 16.3. The summed E-state index contributed by atoms with van der Waals surface area (Å²) in [6.07, 6.45) is 0.517. The van der Waals surface area contributed by atoms with Gasteiger partial charge in [0.1, 0.15) is 0 Å². The molecule has 0 aliphatic carbocycles. The number of hydrogen-bond donors (Lipinski definition) is 2. The number of H-pyrrole nitrogens is 1. The summed E-state index contributed by atoms with van der Waals surface area (Å²) in [5.41, 5.74) is 3.49. The monoisotopic (exact) mass is 352 g/mol. The number of para-hydroxylation sites is 2. The number of carbonyl (C=O) groups is 1. The minimum Gasteiger partial charge on any atom is -0.465 e. The summed E-state index contributed by atoms with van der Waals surface area (Å²) >= 11 is 0. The topological polar surface area (TPSA) is 102 Å². The fourth-order valence-corrected chi connectivity index (χ4v) is 3.81. The number of nitrogens with two attached hydrogens (primary N) is 1. The van der Waals surface area contributed by atoms with Gasteiger partial charge in [0.05, 0.1) is 23.3 Å². The molecule has 2 heterocycles. The van der Waals surface area contributed by atoms with Gasteiger partial charge in [0.15, 0.2) is 12.1 Å². The number of carbonyl (C=O) groups excluding carboxylic acids is 1.